The number of alkyl halides is 2. The first-order chi connectivity index (χ1) is 10.9. The molecular weight excluding hydrogens is 374 g/mol. The van der Waals surface area contributed by atoms with E-state index >= 15 is 0 Å². The van der Waals surface area contributed by atoms with Crippen molar-refractivity contribution < 1.29 is 23.0 Å². The summed E-state index contributed by atoms with van der Waals surface area (Å²) in [5.74, 6) is -2.01. The summed E-state index contributed by atoms with van der Waals surface area (Å²) in [7, 11) is 0. The van der Waals surface area contributed by atoms with Crippen LogP contribution in [0.25, 0.3) is 0 Å². The lowest BCUT2D eigenvalue weighted by atomic mass is 10.1. The molecule has 2 aliphatic heterocycles. The van der Waals surface area contributed by atoms with E-state index in [4.69, 9.17) is 9.47 Å². The molecule has 0 saturated carbocycles. The van der Waals surface area contributed by atoms with Gasteiger partial charge in [-0.25, -0.2) is 8.78 Å². The summed E-state index contributed by atoms with van der Waals surface area (Å²) in [6.07, 6.45) is -0.478. The van der Waals surface area contributed by atoms with Gasteiger partial charge in [0, 0.05) is 10.9 Å². The SMILES string of the molecule is CC(NC(=O)C1CC(F)(F)CN1)c1cc2c(cc1Br)OCCO2. The third-order valence-corrected chi connectivity index (χ3v) is 4.60. The minimum atomic E-state index is -2.83. The van der Waals surface area contributed by atoms with Gasteiger partial charge in [0.1, 0.15) is 13.2 Å². The van der Waals surface area contributed by atoms with E-state index in [0.29, 0.717) is 24.7 Å². The molecule has 23 heavy (non-hydrogen) atoms. The van der Waals surface area contributed by atoms with Crippen molar-refractivity contribution in [3.63, 3.8) is 0 Å². The zero-order valence-corrected chi connectivity index (χ0v) is 14.1. The average molecular weight is 391 g/mol. The van der Waals surface area contributed by atoms with Gasteiger partial charge >= 0.3 is 0 Å². The van der Waals surface area contributed by atoms with Crippen LogP contribution in [0, 0.1) is 0 Å². The maximum atomic E-state index is 13.2. The van der Waals surface area contributed by atoms with Crippen LogP contribution in [0.5, 0.6) is 11.5 Å². The van der Waals surface area contributed by atoms with Crippen LogP contribution in [-0.2, 0) is 4.79 Å². The number of nitrogens with one attached hydrogen (secondary N) is 2. The second-order valence-corrected chi connectivity index (χ2v) is 6.60. The lowest BCUT2D eigenvalue weighted by Gasteiger charge is -2.23. The number of fused-ring (bicyclic) bond motifs is 1. The number of hydrogen-bond donors (Lipinski definition) is 2. The van der Waals surface area contributed by atoms with Crippen LogP contribution in [0.1, 0.15) is 24.9 Å². The first-order valence-corrected chi connectivity index (χ1v) is 8.16. The molecule has 0 radical (unpaired) electrons. The van der Waals surface area contributed by atoms with E-state index in [1.807, 2.05) is 0 Å². The number of ether oxygens (including phenoxy) is 2. The number of benzene rings is 1. The van der Waals surface area contributed by atoms with Crippen molar-refractivity contribution in [2.24, 2.45) is 0 Å². The molecule has 0 aromatic heterocycles. The van der Waals surface area contributed by atoms with Gasteiger partial charge in [-0.05, 0) is 24.6 Å². The van der Waals surface area contributed by atoms with Gasteiger partial charge in [0.25, 0.3) is 5.92 Å². The highest BCUT2D eigenvalue weighted by Crippen LogP contribution is 2.38. The monoisotopic (exact) mass is 390 g/mol. The number of halogens is 3. The van der Waals surface area contributed by atoms with Gasteiger partial charge in [0.2, 0.25) is 5.91 Å². The van der Waals surface area contributed by atoms with Crippen LogP contribution in [0.4, 0.5) is 8.78 Å². The van der Waals surface area contributed by atoms with E-state index < -0.39 is 30.8 Å². The Morgan fingerprint density at radius 3 is 2.65 bits per heavy atom. The number of carbonyl (C=O) groups is 1. The van der Waals surface area contributed by atoms with Crippen molar-refractivity contribution in [3.8, 4) is 11.5 Å². The van der Waals surface area contributed by atoms with Crippen LogP contribution in [0.15, 0.2) is 16.6 Å². The van der Waals surface area contributed by atoms with Crippen molar-refractivity contribution >= 4 is 21.8 Å². The van der Waals surface area contributed by atoms with E-state index in [1.54, 1.807) is 19.1 Å². The van der Waals surface area contributed by atoms with Gasteiger partial charge in [0.15, 0.2) is 11.5 Å². The molecule has 0 bridgehead atoms. The fraction of sp³-hybridized carbons (Fsp3) is 0.533. The minimum Gasteiger partial charge on any atom is -0.486 e. The highest BCUT2D eigenvalue weighted by molar-refractivity contribution is 9.10. The second-order valence-electron chi connectivity index (χ2n) is 5.74. The highest BCUT2D eigenvalue weighted by Gasteiger charge is 2.42. The lowest BCUT2D eigenvalue weighted by molar-refractivity contribution is -0.124. The summed E-state index contributed by atoms with van der Waals surface area (Å²) >= 11 is 3.45. The summed E-state index contributed by atoms with van der Waals surface area (Å²) in [6, 6.07) is 2.35. The van der Waals surface area contributed by atoms with Gasteiger partial charge in [-0.3, -0.25) is 10.1 Å². The van der Waals surface area contributed by atoms with E-state index in [1.165, 1.54) is 0 Å². The molecule has 1 amide bonds. The molecule has 126 valence electrons. The molecule has 2 atom stereocenters. The van der Waals surface area contributed by atoms with Gasteiger partial charge in [-0.15, -0.1) is 0 Å². The summed E-state index contributed by atoms with van der Waals surface area (Å²) in [4.78, 5) is 12.1. The Kier molecular flexibility index (Phi) is 4.46. The Balaban J connectivity index is 1.71. The average Bonchev–Trinajstić information content (AvgIpc) is 2.86. The molecule has 8 heteroatoms. The van der Waals surface area contributed by atoms with Gasteiger partial charge in [0.05, 0.1) is 18.6 Å². The van der Waals surface area contributed by atoms with Crippen molar-refractivity contribution in [2.75, 3.05) is 19.8 Å². The third-order valence-electron chi connectivity index (χ3n) is 3.91. The molecule has 1 aromatic carbocycles. The van der Waals surface area contributed by atoms with E-state index in [0.717, 1.165) is 10.0 Å². The minimum absolute atomic E-state index is 0.358. The van der Waals surface area contributed by atoms with Crippen molar-refractivity contribution in [3.05, 3.63) is 22.2 Å². The van der Waals surface area contributed by atoms with Crippen molar-refractivity contribution in [2.45, 2.75) is 31.4 Å². The van der Waals surface area contributed by atoms with Gasteiger partial charge in [-0.2, -0.15) is 0 Å². The zero-order chi connectivity index (χ0) is 16.6. The highest BCUT2D eigenvalue weighted by atomic mass is 79.9. The quantitative estimate of drug-likeness (QED) is 0.831. The zero-order valence-electron chi connectivity index (χ0n) is 12.5. The second kappa shape index (κ2) is 6.24. The van der Waals surface area contributed by atoms with Crippen LogP contribution in [-0.4, -0.2) is 37.6 Å². The molecule has 0 spiro atoms. The van der Waals surface area contributed by atoms with E-state index in [-0.39, 0.29) is 6.04 Å². The summed E-state index contributed by atoms with van der Waals surface area (Å²) in [6.45, 7) is 2.29. The van der Waals surface area contributed by atoms with E-state index in [2.05, 4.69) is 26.6 Å². The number of rotatable bonds is 3. The molecule has 1 fully saturated rings. The summed E-state index contributed by atoms with van der Waals surface area (Å²) in [5.41, 5.74) is 0.798. The molecule has 0 aliphatic carbocycles. The molecule has 2 unspecified atom stereocenters. The standard InChI is InChI=1S/C15H17BrF2N2O3/c1-8(20-14(21)11-6-15(17,18)7-19-11)9-4-12-13(5-10(9)16)23-3-2-22-12/h4-5,8,11,19H,2-3,6-7H2,1H3,(H,20,21). The predicted octanol–water partition coefficient (Wildman–Crippen LogP) is 2.39. The maximum Gasteiger partial charge on any atom is 0.262 e. The van der Waals surface area contributed by atoms with Crippen molar-refractivity contribution in [1.29, 1.82) is 0 Å². The topological polar surface area (TPSA) is 59.6 Å². The largest absolute Gasteiger partial charge is 0.486 e. The molecule has 1 saturated heterocycles. The smallest absolute Gasteiger partial charge is 0.262 e. The number of carbonyl (C=O) groups excluding carboxylic acids is 1. The molecule has 3 rings (SSSR count). The molecular formula is C15H17BrF2N2O3. The molecule has 5 nitrogen and oxygen atoms in total. The Labute approximate surface area is 140 Å². The van der Waals surface area contributed by atoms with Crippen LogP contribution in [0.3, 0.4) is 0 Å². The van der Waals surface area contributed by atoms with Crippen molar-refractivity contribution in [1.82, 2.24) is 10.6 Å². The fourth-order valence-electron chi connectivity index (χ4n) is 2.70. The molecule has 1 aromatic rings. The van der Waals surface area contributed by atoms with Crippen LogP contribution in [0.2, 0.25) is 0 Å². The van der Waals surface area contributed by atoms with Gasteiger partial charge < -0.3 is 14.8 Å². The molecule has 2 heterocycles. The lowest BCUT2D eigenvalue weighted by Crippen LogP contribution is -2.41. The van der Waals surface area contributed by atoms with Crippen LogP contribution < -0.4 is 20.1 Å². The van der Waals surface area contributed by atoms with E-state index in [9.17, 15) is 13.6 Å². The number of hydrogen-bond acceptors (Lipinski definition) is 4. The first kappa shape index (κ1) is 16.4. The Morgan fingerprint density at radius 1 is 1.39 bits per heavy atom. The fourth-order valence-corrected chi connectivity index (χ4v) is 3.37. The normalized spacial score (nSPS) is 23.4. The molecule has 2 N–H and O–H groups in total. The summed E-state index contributed by atoms with van der Waals surface area (Å²) < 4.78 is 38.2. The Bertz CT molecular complexity index is 627. The maximum absolute atomic E-state index is 13.2. The van der Waals surface area contributed by atoms with Gasteiger partial charge in [-0.1, -0.05) is 15.9 Å². The predicted molar refractivity (Wildman–Crippen MR) is 83.0 cm³/mol. The summed E-state index contributed by atoms with van der Waals surface area (Å²) in [5, 5.41) is 5.31. The number of amides is 1. The Morgan fingerprint density at radius 2 is 2.04 bits per heavy atom. The Hall–Kier alpha value is -1.41. The third kappa shape index (κ3) is 3.58. The first-order valence-electron chi connectivity index (χ1n) is 7.36. The molecule has 2 aliphatic rings. The van der Waals surface area contributed by atoms with Crippen LogP contribution >= 0.6 is 15.9 Å².